The topological polar surface area (TPSA) is 88.4 Å². The van der Waals surface area contributed by atoms with Crippen LogP contribution < -0.4 is 9.64 Å². The summed E-state index contributed by atoms with van der Waals surface area (Å²) in [6.07, 6.45) is 0.414. The average Bonchev–Trinajstić information content (AvgIpc) is 2.28. The third kappa shape index (κ3) is 3.16. The first-order chi connectivity index (χ1) is 7.99. The number of carboxylic acid groups (broad SMARTS) is 1. The lowest BCUT2D eigenvalue weighted by Gasteiger charge is -2.23. The molecule has 0 bridgehead atoms. The number of aromatic nitrogens is 3. The van der Waals surface area contributed by atoms with Crippen LogP contribution in [0.1, 0.15) is 13.3 Å². The summed E-state index contributed by atoms with van der Waals surface area (Å²) >= 11 is 5.68. The Balaban J connectivity index is 3.06. The molecule has 0 radical (unpaired) electrons. The molecular weight excluding hydrogens is 248 g/mol. The SMILES string of the molecule is CCC(C(=O)O)N(C)c1nc(Cl)nc(OC)n1. The van der Waals surface area contributed by atoms with E-state index in [2.05, 4.69) is 15.0 Å². The third-order valence-corrected chi connectivity index (χ3v) is 2.38. The minimum Gasteiger partial charge on any atom is -0.480 e. The lowest BCUT2D eigenvalue weighted by molar-refractivity contribution is -0.138. The van der Waals surface area contributed by atoms with E-state index in [0.717, 1.165) is 0 Å². The maximum atomic E-state index is 11.0. The number of carboxylic acids is 1. The first kappa shape index (κ1) is 13.4. The molecule has 0 aromatic carbocycles. The Hall–Kier alpha value is -1.63. The van der Waals surface area contributed by atoms with E-state index in [9.17, 15) is 4.79 Å². The molecule has 8 heteroatoms. The van der Waals surface area contributed by atoms with Crippen molar-refractivity contribution < 1.29 is 14.6 Å². The Bertz CT molecular complexity index is 415. The minimum absolute atomic E-state index is 0.0426. The van der Waals surface area contributed by atoms with Gasteiger partial charge >= 0.3 is 12.0 Å². The zero-order valence-electron chi connectivity index (χ0n) is 9.71. The fraction of sp³-hybridized carbons (Fsp3) is 0.556. The van der Waals surface area contributed by atoms with Gasteiger partial charge in [-0.15, -0.1) is 0 Å². The van der Waals surface area contributed by atoms with Gasteiger partial charge in [0.15, 0.2) is 0 Å². The van der Waals surface area contributed by atoms with Crippen LogP contribution in [0.15, 0.2) is 0 Å². The molecule has 1 aromatic rings. The number of carbonyl (C=O) groups is 1. The van der Waals surface area contributed by atoms with E-state index in [0.29, 0.717) is 6.42 Å². The second kappa shape index (κ2) is 5.62. The van der Waals surface area contributed by atoms with Crippen molar-refractivity contribution in [2.75, 3.05) is 19.1 Å². The molecule has 0 amide bonds. The number of aliphatic carboxylic acids is 1. The highest BCUT2D eigenvalue weighted by Crippen LogP contribution is 2.16. The molecule has 0 spiro atoms. The Kier molecular flexibility index (Phi) is 4.45. The predicted molar refractivity (Wildman–Crippen MR) is 61.5 cm³/mol. The predicted octanol–water partition coefficient (Wildman–Crippen LogP) is 0.833. The summed E-state index contributed by atoms with van der Waals surface area (Å²) in [5.74, 6) is -0.790. The van der Waals surface area contributed by atoms with Gasteiger partial charge < -0.3 is 14.7 Å². The molecule has 1 aromatic heterocycles. The smallest absolute Gasteiger partial charge is 0.326 e. The lowest BCUT2D eigenvalue weighted by atomic mass is 10.2. The zero-order valence-corrected chi connectivity index (χ0v) is 10.5. The van der Waals surface area contributed by atoms with Gasteiger partial charge in [-0.3, -0.25) is 0 Å². The van der Waals surface area contributed by atoms with Crippen molar-refractivity contribution in [3.63, 3.8) is 0 Å². The molecule has 0 aliphatic heterocycles. The van der Waals surface area contributed by atoms with Crippen molar-refractivity contribution in [2.24, 2.45) is 0 Å². The monoisotopic (exact) mass is 260 g/mol. The van der Waals surface area contributed by atoms with Crippen molar-refractivity contribution >= 4 is 23.5 Å². The van der Waals surface area contributed by atoms with Crippen LogP contribution in [0.3, 0.4) is 0 Å². The molecule has 1 N–H and O–H groups in total. The highest BCUT2D eigenvalue weighted by Gasteiger charge is 2.23. The van der Waals surface area contributed by atoms with Gasteiger partial charge in [0.2, 0.25) is 11.2 Å². The summed E-state index contributed by atoms with van der Waals surface area (Å²) in [5.41, 5.74) is 0. The molecule has 17 heavy (non-hydrogen) atoms. The normalized spacial score (nSPS) is 12.0. The summed E-state index contributed by atoms with van der Waals surface area (Å²) in [7, 11) is 2.97. The maximum Gasteiger partial charge on any atom is 0.326 e. The van der Waals surface area contributed by atoms with Gasteiger partial charge in [0.05, 0.1) is 7.11 Å². The molecule has 0 fully saturated rings. The number of hydrogen-bond donors (Lipinski definition) is 1. The molecule has 0 aliphatic carbocycles. The van der Waals surface area contributed by atoms with Crippen molar-refractivity contribution in [1.29, 1.82) is 0 Å². The number of methoxy groups -OCH3 is 1. The summed E-state index contributed by atoms with van der Waals surface area (Å²) in [4.78, 5) is 23.9. The van der Waals surface area contributed by atoms with Gasteiger partial charge in [0.25, 0.3) is 0 Å². The third-order valence-electron chi connectivity index (χ3n) is 2.21. The highest BCUT2D eigenvalue weighted by molar-refractivity contribution is 6.28. The molecule has 0 saturated carbocycles. The standard InChI is InChI=1S/C9H13ClN4O3/c1-4-5(6(15)16)14(2)8-11-7(10)12-9(13-8)17-3/h5H,4H2,1-3H3,(H,15,16). The number of hydrogen-bond acceptors (Lipinski definition) is 6. The number of rotatable bonds is 5. The van der Waals surface area contributed by atoms with E-state index in [1.54, 1.807) is 14.0 Å². The number of anilines is 1. The van der Waals surface area contributed by atoms with Crippen LogP contribution in [0, 0.1) is 0 Å². The molecule has 1 atom stereocenters. The van der Waals surface area contributed by atoms with E-state index < -0.39 is 12.0 Å². The fourth-order valence-corrected chi connectivity index (χ4v) is 1.47. The molecule has 1 unspecified atom stereocenters. The summed E-state index contributed by atoms with van der Waals surface area (Å²) < 4.78 is 4.84. The number of halogens is 1. The minimum atomic E-state index is -0.953. The van der Waals surface area contributed by atoms with Gasteiger partial charge in [0, 0.05) is 7.05 Å². The van der Waals surface area contributed by atoms with Crippen molar-refractivity contribution in [3.8, 4) is 6.01 Å². The Morgan fingerprint density at radius 3 is 2.65 bits per heavy atom. The largest absolute Gasteiger partial charge is 0.480 e. The number of likely N-dealkylation sites (N-methyl/N-ethyl adjacent to an activating group) is 1. The molecular formula is C9H13ClN4O3. The zero-order chi connectivity index (χ0) is 13.0. The Morgan fingerprint density at radius 1 is 1.53 bits per heavy atom. The van der Waals surface area contributed by atoms with Crippen molar-refractivity contribution in [1.82, 2.24) is 15.0 Å². The Morgan fingerprint density at radius 2 is 2.18 bits per heavy atom. The van der Waals surface area contributed by atoms with Crippen LogP contribution >= 0.6 is 11.6 Å². The summed E-state index contributed by atoms with van der Waals surface area (Å²) in [6.45, 7) is 1.76. The molecule has 0 saturated heterocycles. The Labute approximate surface area is 103 Å². The molecule has 7 nitrogen and oxygen atoms in total. The summed E-state index contributed by atoms with van der Waals surface area (Å²) in [6, 6.07) is -0.676. The van der Waals surface area contributed by atoms with E-state index in [1.807, 2.05) is 0 Å². The van der Waals surface area contributed by atoms with E-state index in [4.69, 9.17) is 21.4 Å². The quantitative estimate of drug-likeness (QED) is 0.839. The molecule has 94 valence electrons. The molecule has 1 heterocycles. The van der Waals surface area contributed by atoms with Crippen molar-refractivity contribution in [2.45, 2.75) is 19.4 Å². The van der Waals surface area contributed by atoms with Crippen LogP contribution in [-0.2, 0) is 4.79 Å². The second-order valence-corrected chi connectivity index (χ2v) is 3.60. The highest BCUT2D eigenvalue weighted by atomic mass is 35.5. The number of ether oxygens (including phenoxy) is 1. The van der Waals surface area contributed by atoms with E-state index in [1.165, 1.54) is 12.0 Å². The van der Waals surface area contributed by atoms with Crippen LogP contribution in [0.5, 0.6) is 6.01 Å². The molecule has 0 aliphatic rings. The van der Waals surface area contributed by atoms with Crippen LogP contribution in [0.2, 0.25) is 5.28 Å². The lowest BCUT2D eigenvalue weighted by Crippen LogP contribution is -2.39. The van der Waals surface area contributed by atoms with Gasteiger partial charge in [0.1, 0.15) is 6.04 Å². The van der Waals surface area contributed by atoms with E-state index >= 15 is 0 Å². The summed E-state index contributed by atoms with van der Waals surface area (Å²) in [5, 5.41) is 8.98. The van der Waals surface area contributed by atoms with Crippen molar-refractivity contribution in [3.05, 3.63) is 5.28 Å². The first-order valence-corrected chi connectivity index (χ1v) is 5.28. The fourth-order valence-electron chi connectivity index (χ4n) is 1.32. The maximum absolute atomic E-state index is 11.0. The second-order valence-electron chi connectivity index (χ2n) is 3.26. The van der Waals surface area contributed by atoms with Gasteiger partial charge in [-0.1, -0.05) is 6.92 Å². The van der Waals surface area contributed by atoms with Crippen LogP contribution in [0.4, 0.5) is 5.95 Å². The van der Waals surface area contributed by atoms with Gasteiger partial charge in [-0.05, 0) is 18.0 Å². The van der Waals surface area contributed by atoms with Gasteiger partial charge in [-0.25, -0.2) is 4.79 Å². The first-order valence-electron chi connectivity index (χ1n) is 4.90. The molecule has 1 rings (SSSR count). The van der Waals surface area contributed by atoms with Gasteiger partial charge in [-0.2, -0.15) is 15.0 Å². The average molecular weight is 261 g/mol. The van der Waals surface area contributed by atoms with Crippen LogP contribution in [-0.4, -0.2) is 46.2 Å². The van der Waals surface area contributed by atoms with Crippen LogP contribution in [0.25, 0.3) is 0 Å². The van der Waals surface area contributed by atoms with E-state index in [-0.39, 0.29) is 17.2 Å². The number of nitrogens with zero attached hydrogens (tertiary/aromatic N) is 4.